The minimum absolute atomic E-state index is 0.00168. The van der Waals surface area contributed by atoms with Gasteiger partial charge in [0, 0.05) is 36.9 Å². The molecule has 1 aromatic rings. The number of fused-ring (bicyclic) bond motifs is 1. The summed E-state index contributed by atoms with van der Waals surface area (Å²) in [6, 6.07) is 3.87. The molecule has 3 aliphatic heterocycles. The number of likely N-dealkylation sites (tertiary alicyclic amines) is 2. The van der Waals surface area contributed by atoms with Gasteiger partial charge in [-0.05, 0) is 56.6 Å². The summed E-state index contributed by atoms with van der Waals surface area (Å²) in [5.41, 5.74) is -0.435. The minimum atomic E-state index is -4.49. The van der Waals surface area contributed by atoms with Crippen molar-refractivity contribution in [2.24, 2.45) is 11.3 Å². The molecule has 1 spiro atoms. The molecular formula is C24H31F3N3O4P. The van der Waals surface area contributed by atoms with Gasteiger partial charge in [0.25, 0.3) is 0 Å². The van der Waals surface area contributed by atoms with E-state index >= 15 is 0 Å². The van der Waals surface area contributed by atoms with E-state index < -0.39 is 18.9 Å². The highest BCUT2D eigenvalue weighted by atomic mass is 31.2. The third kappa shape index (κ3) is 4.84. The lowest BCUT2D eigenvalue weighted by atomic mass is 9.56. The van der Waals surface area contributed by atoms with E-state index in [4.69, 9.17) is 4.74 Å². The van der Waals surface area contributed by atoms with Crippen LogP contribution in [-0.4, -0.2) is 80.0 Å². The van der Waals surface area contributed by atoms with Gasteiger partial charge in [0.1, 0.15) is 13.7 Å². The number of ether oxygens (including phenoxy) is 1. The number of carbonyl (C=O) groups excluding carboxylic acids is 2. The number of rotatable bonds is 3. The van der Waals surface area contributed by atoms with Crippen LogP contribution in [0.25, 0.3) is 0 Å². The maximum absolute atomic E-state index is 13.7. The smallest absolute Gasteiger partial charge is 0.366 e. The fourth-order valence-electron chi connectivity index (χ4n) is 6.19. The number of carbonyl (C=O) groups is 2. The van der Waals surface area contributed by atoms with E-state index in [-0.39, 0.29) is 52.9 Å². The fourth-order valence-corrected chi connectivity index (χ4v) is 7.07. The zero-order chi connectivity index (χ0) is 25.2. The molecule has 0 radical (unpaired) electrons. The molecule has 4 aliphatic rings. The van der Waals surface area contributed by atoms with E-state index in [0.29, 0.717) is 39.0 Å². The molecule has 11 heteroatoms. The van der Waals surface area contributed by atoms with Crippen LogP contribution in [0.3, 0.4) is 0 Å². The molecule has 3 saturated heterocycles. The molecule has 3 amide bonds. The van der Waals surface area contributed by atoms with Gasteiger partial charge in [-0.1, -0.05) is 12.1 Å². The third-order valence-corrected chi connectivity index (χ3v) is 9.41. The first-order chi connectivity index (χ1) is 16.3. The molecule has 0 aromatic heterocycles. The largest absolute Gasteiger partial charge is 0.416 e. The van der Waals surface area contributed by atoms with Crippen LogP contribution >= 0.6 is 7.14 Å². The van der Waals surface area contributed by atoms with Crippen molar-refractivity contribution >= 4 is 24.4 Å². The summed E-state index contributed by atoms with van der Waals surface area (Å²) in [5, 5.41) is 3.15. The number of hydrogen-bond donors (Lipinski definition) is 1. The molecule has 192 valence electrons. The Labute approximate surface area is 202 Å². The first-order valence-electron chi connectivity index (χ1n) is 12.0. The Hall–Kier alpha value is -2.06. The van der Waals surface area contributed by atoms with E-state index in [9.17, 15) is 27.3 Å². The van der Waals surface area contributed by atoms with Crippen molar-refractivity contribution in [3.05, 3.63) is 29.3 Å². The average Bonchev–Trinajstić information content (AvgIpc) is 2.72. The molecule has 1 aliphatic carbocycles. The van der Waals surface area contributed by atoms with Gasteiger partial charge in [-0.25, -0.2) is 4.79 Å². The zero-order valence-electron chi connectivity index (χ0n) is 19.9. The predicted molar refractivity (Wildman–Crippen MR) is 124 cm³/mol. The molecule has 2 atom stereocenters. The topological polar surface area (TPSA) is 79.0 Å². The fraction of sp³-hybridized carbons (Fsp3) is 0.667. The van der Waals surface area contributed by atoms with Crippen LogP contribution in [-0.2, 0) is 26.7 Å². The summed E-state index contributed by atoms with van der Waals surface area (Å²) in [6.07, 6.45) is -1.93. The molecule has 7 nitrogen and oxygen atoms in total. The summed E-state index contributed by atoms with van der Waals surface area (Å²) in [6.45, 7) is 5.27. The molecule has 5 rings (SSSR count). The number of alkyl halides is 3. The van der Waals surface area contributed by atoms with Gasteiger partial charge >= 0.3 is 12.2 Å². The van der Waals surface area contributed by atoms with Crippen molar-refractivity contribution in [3.63, 3.8) is 0 Å². The third-order valence-electron chi connectivity index (χ3n) is 7.89. The number of nitrogens with one attached hydrogen (secondary N) is 1. The van der Waals surface area contributed by atoms with Gasteiger partial charge in [0.2, 0.25) is 5.91 Å². The Morgan fingerprint density at radius 3 is 2.60 bits per heavy atom. The van der Waals surface area contributed by atoms with E-state index in [1.165, 1.54) is 19.4 Å². The van der Waals surface area contributed by atoms with Gasteiger partial charge < -0.3 is 24.4 Å². The molecule has 4 fully saturated rings. The minimum Gasteiger partial charge on any atom is -0.366 e. The van der Waals surface area contributed by atoms with Gasteiger partial charge in [-0.3, -0.25) is 4.79 Å². The van der Waals surface area contributed by atoms with Crippen molar-refractivity contribution in [2.75, 3.05) is 46.1 Å². The Morgan fingerprint density at radius 2 is 1.94 bits per heavy atom. The molecule has 1 N–H and O–H groups in total. The lowest BCUT2D eigenvalue weighted by Gasteiger charge is -2.60. The lowest BCUT2D eigenvalue weighted by Crippen LogP contribution is -2.68. The summed E-state index contributed by atoms with van der Waals surface area (Å²) >= 11 is 0. The summed E-state index contributed by atoms with van der Waals surface area (Å²) in [4.78, 5) is 28.1. The molecule has 0 bridgehead atoms. The standard InChI is InChI=1S/C24H31F3N3O4P/c1-35(2,33)17-4-3-16(18(8-17)24(25,26)27)7-15-9-23(10-15)13-30(14-23)22(32)29-6-5-20-19(11-29)28-21(31)12-34-20/h3-4,8,15,19-20H,5-7,9-14H2,1-2H3,(H,28,31)/t19-,20+/m1/s1. The maximum atomic E-state index is 13.7. The van der Waals surface area contributed by atoms with Gasteiger partial charge in [-0.2, -0.15) is 13.2 Å². The number of nitrogens with zero attached hydrogens (tertiary/aromatic N) is 2. The molecule has 1 aromatic carbocycles. The monoisotopic (exact) mass is 513 g/mol. The number of benzene rings is 1. The first kappa shape index (κ1) is 24.6. The summed E-state index contributed by atoms with van der Waals surface area (Å²) in [5.74, 6) is -0.0229. The molecular weight excluding hydrogens is 482 g/mol. The highest BCUT2D eigenvalue weighted by molar-refractivity contribution is 7.70. The van der Waals surface area contributed by atoms with Crippen LogP contribution in [0.4, 0.5) is 18.0 Å². The number of piperidine rings is 1. The highest BCUT2D eigenvalue weighted by Gasteiger charge is 2.54. The van der Waals surface area contributed by atoms with E-state index in [1.54, 1.807) is 15.9 Å². The van der Waals surface area contributed by atoms with Crippen molar-refractivity contribution in [1.82, 2.24) is 15.1 Å². The van der Waals surface area contributed by atoms with Crippen LogP contribution in [0.5, 0.6) is 0 Å². The maximum Gasteiger partial charge on any atom is 0.416 e. The Morgan fingerprint density at radius 1 is 1.23 bits per heavy atom. The van der Waals surface area contributed by atoms with E-state index in [0.717, 1.165) is 18.9 Å². The highest BCUT2D eigenvalue weighted by Crippen LogP contribution is 2.53. The summed E-state index contributed by atoms with van der Waals surface area (Å²) < 4.78 is 58.9. The SMILES string of the molecule is CP(C)(=O)c1ccc(CC2CC3(C2)CN(C(=O)N2CC[C@@H]4OCC(=O)N[C@@H]4C2)C3)c(C(F)(F)F)c1. The number of hydrogen-bond acceptors (Lipinski definition) is 4. The molecule has 3 heterocycles. The van der Waals surface area contributed by atoms with E-state index in [1.807, 2.05) is 0 Å². The Bertz CT molecular complexity index is 1070. The number of amides is 3. The van der Waals surface area contributed by atoms with Crippen LogP contribution in [0, 0.1) is 11.3 Å². The van der Waals surface area contributed by atoms with Crippen molar-refractivity contribution in [2.45, 2.75) is 44.0 Å². The zero-order valence-corrected chi connectivity index (χ0v) is 20.8. The summed E-state index contributed by atoms with van der Waals surface area (Å²) in [7, 11) is -2.79. The van der Waals surface area contributed by atoms with Crippen molar-refractivity contribution < 1.29 is 32.1 Å². The second-order valence-corrected chi connectivity index (χ2v) is 14.3. The molecule has 35 heavy (non-hydrogen) atoms. The normalized spacial score (nSPS) is 26.6. The first-order valence-corrected chi connectivity index (χ1v) is 14.6. The number of halogens is 3. The molecule has 0 unspecified atom stereocenters. The number of urea groups is 1. The predicted octanol–water partition coefficient (Wildman–Crippen LogP) is 2.92. The van der Waals surface area contributed by atoms with Gasteiger partial charge in [0.05, 0.1) is 17.7 Å². The second kappa shape index (κ2) is 8.51. The quantitative estimate of drug-likeness (QED) is 0.631. The van der Waals surface area contributed by atoms with Gasteiger partial charge in [-0.15, -0.1) is 0 Å². The Balaban J connectivity index is 1.15. The van der Waals surface area contributed by atoms with Gasteiger partial charge in [0.15, 0.2) is 0 Å². The lowest BCUT2D eigenvalue weighted by molar-refractivity contribution is -0.140. The van der Waals surface area contributed by atoms with Crippen LogP contribution in [0.2, 0.25) is 0 Å². The molecule has 1 saturated carbocycles. The van der Waals surface area contributed by atoms with Crippen LogP contribution in [0.15, 0.2) is 18.2 Å². The Kier molecular flexibility index (Phi) is 5.99. The average molecular weight is 513 g/mol. The second-order valence-electron chi connectivity index (χ2n) is 11.1. The van der Waals surface area contributed by atoms with E-state index in [2.05, 4.69) is 5.32 Å². The van der Waals surface area contributed by atoms with Crippen molar-refractivity contribution in [3.8, 4) is 0 Å². The number of morpholine rings is 1. The van der Waals surface area contributed by atoms with Crippen LogP contribution in [0.1, 0.15) is 30.4 Å². The van der Waals surface area contributed by atoms with Crippen LogP contribution < -0.4 is 10.6 Å². The van der Waals surface area contributed by atoms with Crippen molar-refractivity contribution in [1.29, 1.82) is 0 Å².